The molecule has 0 atom stereocenters. The summed E-state index contributed by atoms with van der Waals surface area (Å²) in [7, 11) is 0. The highest BCUT2D eigenvalue weighted by Gasteiger charge is 2.18. The van der Waals surface area contributed by atoms with Gasteiger partial charge in [0.15, 0.2) is 0 Å². The van der Waals surface area contributed by atoms with Crippen LogP contribution in [0.3, 0.4) is 0 Å². The highest BCUT2D eigenvalue weighted by molar-refractivity contribution is 5.95. The van der Waals surface area contributed by atoms with Gasteiger partial charge in [0.25, 0.3) is 5.91 Å². The van der Waals surface area contributed by atoms with Crippen molar-refractivity contribution in [3.05, 3.63) is 17.5 Å². The summed E-state index contributed by atoms with van der Waals surface area (Å²) in [6.45, 7) is 8.07. The third kappa shape index (κ3) is 6.32. The number of unbranched alkanes of at least 4 members (excludes halogenated alkanes) is 6. The Morgan fingerprint density at radius 1 is 1.05 bits per heavy atom. The second-order valence-corrected chi connectivity index (χ2v) is 5.82. The first-order chi connectivity index (χ1) is 10.2. The summed E-state index contributed by atoms with van der Waals surface area (Å²) < 4.78 is 0. The first-order valence-corrected chi connectivity index (χ1v) is 8.49. The van der Waals surface area contributed by atoms with Crippen LogP contribution in [0, 0.1) is 6.92 Å². The number of nitrogens with one attached hydrogen (secondary N) is 1. The van der Waals surface area contributed by atoms with Crippen molar-refractivity contribution in [2.75, 3.05) is 13.1 Å². The number of H-pyrrole nitrogens is 1. The van der Waals surface area contributed by atoms with E-state index in [-0.39, 0.29) is 5.91 Å². The second-order valence-electron chi connectivity index (χ2n) is 5.82. The lowest BCUT2D eigenvalue weighted by atomic mass is 10.1. The Labute approximate surface area is 129 Å². The molecule has 1 N–H and O–H groups in total. The Morgan fingerprint density at radius 3 is 2.05 bits per heavy atom. The van der Waals surface area contributed by atoms with Crippen molar-refractivity contribution in [2.45, 2.75) is 72.1 Å². The molecule has 21 heavy (non-hydrogen) atoms. The van der Waals surface area contributed by atoms with Gasteiger partial charge >= 0.3 is 0 Å². The fourth-order valence-electron chi connectivity index (χ4n) is 2.51. The van der Waals surface area contributed by atoms with Gasteiger partial charge in [-0.15, -0.1) is 0 Å². The van der Waals surface area contributed by atoms with Gasteiger partial charge in [-0.2, -0.15) is 5.10 Å². The molecule has 1 aromatic heterocycles. The number of rotatable bonds is 11. The summed E-state index contributed by atoms with van der Waals surface area (Å²) in [5.74, 6) is 0.134. The van der Waals surface area contributed by atoms with E-state index in [0.29, 0.717) is 0 Å². The van der Waals surface area contributed by atoms with Crippen LogP contribution >= 0.6 is 0 Å². The van der Waals surface area contributed by atoms with Crippen LogP contribution < -0.4 is 0 Å². The number of hydrogen-bond donors (Lipinski definition) is 1. The van der Waals surface area contributed by atoms with Crippen LogP contribution in [0.4, 0.5) is 0 Å². The summed E-state index contributed by atoms with van der Waals surface area (Å²) in [5, 5.41) is 6.83. The quantitative estimate of drug-likeness (QED) is 0.618. The van der Waals surface area contributed by atoms with Crippen molar-refractivity contribution in [1.29, 1.82) is 0 Å². The molecule has 1 amide bonds. The Morgan fingerprint density at radius 2 is 1.62 bits per heavy atom. The van der Waals surface area contributed by atoms with Gasteiger partial charge in [-0.1, -0.05) is 52.4 Å². The van der Waals surface area contributed by atoms with Gasteiger partial charge in [-0.3, -0.25) is 9.89 Å². The van der Waals surface area contributed by atoms with Gasteiger partial charge in [0.1, 0.15) is 0 Å². The maximum absolute atomic E-state index is 12.6. The molecule has 1 heterocycles. The number of carbonyl (C=O) groups is 1. The van der Waals surface area contributed by atoms with Crippen molar-refractivity contribution < 1.29 is 4.79 Å². The average molecular weight is 293 g/mol. The lowest BCUT2D eigenvalue weighted by Gasteiger charge is -2.22. The smallest absolute Gasteiger partial charge is 0.257 e. The predicted octanol–water partition coefficient (Wildman–Crippen LogP) is 4.32. The molecule has 0 spiro atoms. The average Bonchev–Trinajstić information content (AvgIpc) is 2.91. The molecule has 1 rings (SSSR count). The Balaban J connectivity index is 2.53. The van der Waals surface area contributed by atoms with Crippen molar-refractivity contribution in [3.8, 4) is 0 Å². The van der Waals surface area contributed by atoms with Crippen LogP contribution in [-0.4, -0.2) is 34.1 Å². The lowest BCUT2D eigenvalue weighted by Crippen LogP contribution is -2.33. The molecule has 0 radical (unpaired) electrons. The molecule has 0 aromatic carbocycles. The van der Waals surface area contributed by atoms with E-state index < -0.39 is 0 Å². The number of aryl methyl sites for hydroxylation is 1. The molecule has 4 nitrogen and oxygen atoms in total. The van der Waals surface area contributed by atoms with E-state index in [9.17, 15) is 4.79 Å². The van der Waals surface area contributed by atoms with E-state index >= 15 is 0 Å². The summed E-state index contributed by atoms with van der Waals surface area (Å²) in [5.41, 5.74) is 1.59. The lowest BCUT2D eigenvalue weighted by molar-refractivity contribution is 0.0748. The molecule has 120 valence electrons. The monoisotopic (exact) mass is 293 g/mol. The summed E-state index contributed by atoms with van der Waals surface area (Å²) in [6, 6.07) is 0. The minimum atomic E-state index is 0.134. The highest BCUT2D eigenvalue weighted by atomic mass is 16.2. The van der Waals surface area contributed by atoms with Gasteiger partial charge in [-0.25, -0.2) is 0 Å². The molecule has 0 unspecified atom stereocenters. The Hall–Kier alpha value is -1.32. The second kappa shape index (κ2) is 10.4. The molecule has 0 bridgehead atoms. The van der Waals surface area contributed by atoms with Crippen LogP contribution in [0.1, 0.15) is 81.3 Å². The van der Waals surface area contributed by atoms with Crippen molar-refractivity contribution >= 4 is 5.91 Å². The number of aromatic amines is 1. The van der Waals surface area contributed by atoms with Gasteiger partial charge in [0, 0.05) is 18.8 Å². The highest BCUT2D eigenvalue weighted by Crippen LogP contribution is 2.11. The molecule has 4 heteroatoms. The van der Waals surface area contributed by atoms with Crippen LogP contribution in [-0.2, 0) is 0 Å². The number of carbonyl (C=O) groups excluding carboxylic acids is 1. The fourth-order valence-corrected chi connectivity index (χ4v) is 2.51. The zero-order chi connectivity index (χ0) is 15.5. The van der Waals surface area contributed by atoms with Gasteiger partial charge in [-0.05, 0) is 19.8 Å². The molecule has 0 aliphatic carbocycles. The van der Waals surface area contributed by atoms with E-state index in [1.165, 1.54) is 38.5 Å². The standard InChI is InChI=1S/C17H31N3O/c1-4-6-8-10-12-20(13-11-9-7-5-2)17(21)16-14-18-19-15(16)3/h14H,4-13H2,1-3H3,(H,18,19). The van der Waals surface area contributed by atoms with Crippen LogP contribution in [0.25, 0.3) is 0 Å². The minimum absolute atomic E-state index is 0.134. The number of hydrogen-bond acceptors (Lipinski definition) is 2. The third-order valence-electron chi connectivity index (χ3n) is 3.91. The number of amides is 1. The molecule has 0 aliphatic heterocycles. The van der Waals surface area contributed by atoms with Gasteiger partial charge < -0.3 is 4.90 Å². The van der Waals surface area contributed by atoms with Crippen LogP contribution in [0.2, 0.25) is 0 Å². The maximum atomic E-state index is 12.6. The Kier molecular flexibility index (Phi) is 8.79. The first-order valence-electron chi connectivity index (χ1n) is 8.49. The van der Waals surface area contributed by atoms with Crippen LogP contribution in [0.15, 0.2) is 6.20 Å². The van der Waals surface area contributed by atoms with Crippen molar-refractivity contribution in [2.24, 2.45) is 0 Å². The van der Waals surface area contributed by atoms with E-state index in [1.807, 2.05) is 11.8 Å². The molecular formula is C17H31N3O. The molecule has 0 saturated heterocycles. The summed E-state index contributed by atoms with van der Waals surface area (Å²) in [4.78, 5) is 14.6. The Bertz CT molecular complexity index is 388. The number of nitrogens with zero attached hydrogens (tertiary/aromatic N) is 2. The largest absolute Gasteiger partial charge is 0.339 e. The number of aromatic nitrogens is 2. The van der Waals surface area contributed by atoms with E-state index in [2.05, 4.69) is 24.0 Å². The van der Waals surface area contributed by atoms with Crippen molar-refractivity contribution in [1.82, 2.24) is 15.1 Å². The first kappa shape index (κ1) is 17.7. The zero-order valence-corrected chi connectivity index (χ0v) is 14.0. The molecule has 0 aliphatic rings. The zero-order valence-electron chi connectivity index (χ0n) is 14.0. The minimum Gasteiger partial charge on any atom is -0.339 e. The normalized spacial score (nSPS) is 10.8. The van der Waals surface area contributed by atoms with E-state index in [4.69, 9.17) is 0 Å². The topological polar surface area (TPSA) is 49.0 Å². The maximum Gasteiger partial charge on any atom is 0.257 e. The fraction of sp³-hybridized carbons (Fsp3) is 0.765. The third-order valence-corrected chi connectivity index (χ3v) is 3.91. The van der Waals surface area contributed by atoms with Crippen molar-refractivity contribution in [3.63, 3.8) is 0 Å². The summed E-state index contributed by atoms with van der Waals surface area (Å²) in [6.07, 6.45) is 11.2. The van der Waals surface area contributed by atoms with E-state index in [1.54, 1.807) is 6.20 Å². The van der Waals surface area contributed by atoms with Gasteiger partial charge in [0.05, 0.1) is 11.8 Å². The van der Waals surface area contributed by atoms with Gasteiger partial charge in [0.2, 0.25) is 0 Å². The predicted molar refractivity (Wildman–Crippen MR) is 87.5 cm³/mol. The molecule has 0 saturated carbocycles. The van der Waals surface area contributed by atoms with E-state index in [0.717, 1.165) is 37.2 Å². The molecular weight excluding hydrogens is 262 g/mol. The molecule has 0 fully saturated rings. The molecule has 1 aromatic rings. The summed E-state index contributed by atoms with van der Waals surface area (Å²) >= 11 is 0. The SMILES string of the molecule is CCCCCCN(CCCCCC)C(=O)c1cn[nH]c1C. The van der Waals surface area contributed by atoms with Crippen LogP contribution in [0.5, 0.6) is 0 Å².